The summed E-state index contributed by atoms with van der Waals surface area (Å²) in [6.45, 7) is 4.47. The summed E-state index contributed by atoms with van der Waals surface area (Å²) in [5.74, 6) is 0. The van der Waals surface area contributed by atoms with E-state index >= 15 is 0 Å². The average molecular weight is 315 g/mol. The van der Waals surface area contributed by atoms with Crippen LogP contribution in [-0.4, -0.2) is 43.1 Å². The second kappa shape index (κ2) is 5.40. The van der Waals surface area contributed by atoms with Gasteiger partial charge in [0.1, 0.15) is 5.01 Å². The number of anilines is 1. The molecule has 3 nitrogen and oxygen atoms in total. The molecule has 0 N–H and O–H groups in total. The highest BCUT2D eigenvalue weighted by Gasteiger charge is 2.15. The molecule has 1 fully saturated rings. The summed E-state index contributed by atoms with van der Waals surface area (Å²) in [6, 6.07) is 10.9. The van der Waals surface area contributed by atoms with Crippen LogP contribution < -0.4 is 4.90 Å². The normalized spacial score (nSPS) is 16.7. The monoisotopic (exact) mass is 315 g/mol. The zero-order valence-electron chi connectivity index (χ0n) is 12.0. The number of aromatic nitrogens is 1. The van der Waals surface area contributed by atoms with Crippen LogP contribution in [0.15, 0.2) is 35.7 Å². The quantitative estimate of drug-likeness (QED) is 0.717. The van der Waals surface area contributed by atoms with Crippen molar-refractivity contribution in [1.29, 1.82) is 0 Å². The molecule has 5 heteroatoms. The van der Waals surface area contributed by atoms with E-state index in [0.29, 0.717) is 0 Å². The number of thiophene rings is 1. The molecule has 0 amide bonds. The Hall–Kier alpha value is -1.43. The lowest BCUT2D eigenvalue weighted by molar-refractivity contribution is 0.313. The number of likely N-dealkylation sites (N-methyl/N-ethyl adjacent to an activating group) is 1. The number of hydrogen-bond acceptors (Lipinski definition) is 5. The van der Waals surface area contributed by atoms with Crippen LogP contribution in [0.25, 0.3) is 20.1 Å². The highest BCUT2D eigenvalue weighted by Crippen LogP contribution is 2.34. The lowest BCUT2D eigenvalue weighted by Crippen LogP contribution is -2.44. The largest absolute Gasteiger partial charge is 0.369 e. The van der Waals surface area contributed by atoms with Crippen LogP contribution in [0.1, 0.15) is 0 Å². The van der Waals surface area contributed by atoms with Crippen LogP contribution in [0.2, 0.25) is 0 Å². The minimum atomic E-state index is 1.10. The number of fused-ring (bicyclic) bond motifs is 1. The van der Waals surface area contributed by atoms with Gasteiger partial charge in [0, 0.05) is 31.9 Å². The standard InChI is InChI=1S/C16H17N3S2/c1-18-6-8-19(9-7-18)12-4-5-14-13(11-12)17-16(21-14)15-3-2-10-20-15/h2-5,10-11H,6-9H2,1H3. The third-order valence-corrected chi connectivity index (χ3v) is 6.05. The van der Waals surface area contributed by atoms with Crippen LogP contribution >= 0.6 is 22.7 Å². The molecular weight excluding hydrogens is 298 g/mol. The molecule has 3 heterocycles. The molecule has 1 aliphatic heterocycles. The Morgan fingerprint density at radius 1 is 1.10 bits per heavy atom. The van der Waals surface area contributed by atoms with Gasteiger partial charge in [-0.15, -0.1) is 22.7 Å². The van der Waals surface area contributed by atoms with Crippen LogP contribution in [0.5, 0.6) is 0 Å². The number of benzene rings is 1. The van der Waals surface area contributed by atoms with Crippen molar-refractivity contribution in [3.8, 4) is 9.88 Å². The third kappa shape index (κ3) is 2.57. The molecule has 1 aromatic carbocycles. The third-order valence-electron chi connectivity index (χ3n) is 3.97. The molecule has 0 saturated carbocycles. The maximum absolute atomic E-state index is 4.82. The van der Waals surface area contributed by atoms with E-state index in [2.05, 4.69) is 52.6 Å². The van der Waals surface area contributed by atoms with Gasteiger partial charge >= 0.3 is 0 Å². The first-order chi connectivity index (χ1) is 10.3. The summed E-state index contributed by atoms with van der Waals surface area (Å²) < 4.78 is 1.27. The molecule has 1 aliphatic rings. The van der Waals surface area contributed by atoms with Gasteiger partial charge in [0.25, 0.3) is 0 Å². The van der Waals surface area contributed by atoms with Gasteiger partial charge in [-0.2, -0.15) is 0 Å². The highest BCUT2D eigenvalue weighted by atomic mass is 32.1. The lowest BCUT2D eigenvalue weighted by atomic mass is 10.2. The van der Waals surface area contributed by atoms with Gasteiger partial charge in [0.15, 0.2) is 0 Å². The number of rotatable bonds is 2. The maximum Gasteiger partial charge on any atom is 0.134 e. The highest BCUT2D eigenvalue weighted by molar-refractivity contribution is 7.25. The second-order valence-corrected chi connectivity index (χ2v) is 7.42. The first-order valence-electron chi connectivity index (χ1n) is 7.17. The summed E-state index contributed by atoms with van der Waals surface area (Å²) in [5.41, 5.74) is 2.43. The summed E-state index contributed by atoms with van der Waals surface area (Å²) in [7, 11) is 2.19. The van der Waals surface area contributed by atoms with Crippen molar-refractivity contribution in [3.05, 3.63) is 35.7 Å². The van der Waals surface area contributed by atoms with Crippen molar-refractivity contribution in [1.82, 2.24) is 9.88 Å². The zero-order chi connectivity index (χ0) is 14.2. The van der Waals surface area contributed by atoms with Gasteiger partial charge in [0.05, 0.1) is 15.1 Å². The van der Waals surface area contributed by atoms with Gasteiger partial charge in [-0.3, -0.25) is 0 Å². The Morgan fingerprint density at radius 3 is 2.71 bits per heavy atom. The molecule has 4 rings (SSSR count). The lowest BCUT2D eigenvalue weighted by Gasteiger charge is -2.34. The fourth-order valence-corrected chi connectivity index (χ4v) is 4.43. The molecule has 2 aromatic heterocycles. The second-order valence-electron chi connectivity index (χ2n) is 5.44. The Balaban J connectivity index is 1.66. The van der Waals surface area contributed by atoms with Crippen LogP contribution in [-0.2, 0) is 0 Å². The molecule has 108 valence electrons. The van der Waals surface area contributed by atoms with Gasteiger partial charge in [-0.05, 0) is 36.7 Å². The van der Waals surface area contributed by atoms with Gasteiger partial charge in [-0.1, -0.05) is 6.07 Å². The molecule has 0 aliphatic carbocycles. The molecule has 21 heavy (non-hydrogen) atoms. The van der Waals surface area contributed by atoms with E-state index in [-0.39, 0.29) is 0 Å². The molecule has 0 atom stereocenters. The zero-order valence-corrected chi connectivity index (χ0v) is 13.6. The van der Waals surface area contributed by atoms with E-state index in [0.717, 1.165) is 36.7 Å². The number of piperazine rings is 1. The van der Waals surface area contributed by atoms with Crippen molar-refractivity contribution >= 4 is 38.6 Å². The minimum Gasteiger partial charge on any atom is -0.369 e. The van der Waals surface area contributed by atoms with Crippen LogP contribution in [0.3, 0.4) is 0 Å². The van der Waals surface area contributed by atoms with Crippen molar-refractivity contribution in [3.63, 3.8) is 0 Å². The molecule has 0 bridgehead atoms. The number of hydrogen-bond donors (Lipinski definition) is 0. The number of nitrogens with zero attached hydrogens (tertiary/aromatic N) is 3. The molecule has 3 aromatic rings. The first kappa shape index (κ1) is 13.2. The molecule has 0 spiro atoms. The Labute approximate surface area is 132 Å². The molecular formula is C16H17N3S2. The summed E-state index contributed by atoms with van der Waals surface area (Å²) in [5, 5.41) is 3.24. The Morgan fingerprint density at radius 2 is 1.95 bits per heavy atom. The van der Waals surface area contributed by atoms with Crippen LogP contribution in [0, 0.1) is 0 Å². The fourth-order valence-electron chi connectivity index (χ4n) is 2.68. The number of thiazole rings is 1. The smallest absolute Gasteiger partial charge is 0.134 e. The molecule has 0 radical (unpaired) electrons. The predicted molar refractivity (Wildman–Crippen MR) is 92.6 cm³/mol. The topological polar surface area (TPSA) is 19.4 Å². The fraction of sp³-hybridized carbons (Fsp3) is 0.312. The maximum atomic E-state index is 4.82. The Kier molecular flexibility index (Phi) is 3.41. The van der Waals surface area contributed by atoms with E-state index in [1.54, 1.807) is 22.7 Å². The average Bonchev–Trinajstić information content (AvgIpc) is 3.16. The minimum absolute atomic E-state index is 1.10. The van der Waals surface area contributed by atoms with E-state index in [9.17, 15) is 0 Å². The van der Waals surface area contributed by atoms with E-state index in [1.165, 1.54) is 15.3 Å². The Bertz CT molecular complexity index is 740. The van der Waals surface area contributed by atoms with Gasteiger partial charge in [-0.25, -0.2) is 4.98 Å². The van der Waals surface area contributed by atoms with Crippen LogP contribution in [0.4, 0.5) is 5.69 Å². The van der Waals surface area contributed by atoms with E-state index in [1.807, 2.05) is 0 Å². The van der Waals surface area contributed by atoms with Crippen molar-refractivity contribution in [2.75, 3.05) is 38.1 Å². The molecule has 1 saturated heterocycles. The van der Waals surface area contributed by atoms with Crippen molar-refractivity contribution in [2.45, 2.75) is 0 Å². The van der Waals surface area contributed by atoms with Gasteiger partial charge in [0.2, 0.25) is 0 Å². The van der Waals surface area contributed by atoms with Crippen molar-refractivity contribution in [2.24, 2.45) is 0 Å². The summed E-state index contributed by atoms with van der Waals surface area (Å²) in [4.78, 5) is 10.9. The molecule has 0 unspecified atom stereocenters. The predicted octanol–water partition coefficient (Wildman–Crippen LogP) is 3.78. The first-order valence-corrected chi connectivity index (χ1v) is 8.87. The van der Waals surface area contributed by atoms with Gasteiger partial charge < -0.3 is 9.80 Å². The van der Waals surface area contributed by atoms with E-state index < -0.39 is 0 Å². The summed E-state index contributed by atoms with van der Waals surface area (Å²) >= 11 is 3.54. The summed E-state index contributed by atoms with van der Waals surface area (Å²) in [6.07, 6.45) is 0. The van der Waals surface area contributed by atoms with Crippen molar-refractivity contribution < 1.29 is 0 Å². The SMILES string of the molecule is CN1CCN(c2ccc3sc(-c4cccs4)nc3c2)CC1. The van der Waals surface area contributed by atoms with E-state index in [4.69, 9.17) is 4.98 Å².